The molecule has 2 rings (SSSR count). The van der Waals surface area contributed by atoms with E-state index in [1.54, 1.807) is 24.3 Å². The number of rotatable bonds is 20. The van der Waals surface area contributed by atoms with Crippen LogP contribution in [0.2, 0.25) is 0 Å². The van der Waals surface area contributed by atoms with Gasteiger partial charge >= 0.3 is 25.2 Å². The fraction of sp³-hybridized carbons (Fsp3) is 0.600. The molecule has 0 aliphatic heterocycles. The number of phosphoric acid groups is 1. The van der Waals surface area contributed by atoms with Crippen molar-refractivity contribution in [1.82, 2.24) is 0 Å². The van der Waals surface area contributed by atoms with E-state index >= 15 is 0 Å². The molecule has 0 fully saturated rings. The van der Waals surface area contributed by atoms with Crippen LogP contribution in [0.4, 0.5) is 0 Å². The molecular formula is C30H46CrO4P+. The van der Waals surface area contributed by atoms with E-state index in [0.717, 1.165) is 25.7 Å². The minimum absolute atomic E-state index is 0. The van der Waals surface area contributed by atoms with Crippen LogP contribution in [0.1, 0.15) is 115 Å². The largest absolute Gasteiger partial charge is 2.00 e. The zero-order valence-electron chi connectivity index (χ0n) is 22.4. The van der Waals surface area contributed by atoms with Crippen LogP contribution in [-0.2, 0) is 34.8 Å². The minimum atomic E-state index is -4.50. The Hall–Kier alpha value is -1.24. The number of phosphoric ester groups is 1. The molecule has 0 atom stereocenters. The molecule has 0 aliphatic carbocycles. The van der Waals surface area contributed by atoms with E-state index in [1.165, 1.54) is 88.2 Å². The molecule has 0 unspecified atom stereocenters. The van der Waals surface area contributed by atoms with Gasteiger partial charge in [0.1, 0.15) is 11.5 Å². The van der Waals surface area contributed by atoms with Crippen LogP contribution >= 0.6 is 7.82 Å². The molecule has 0 N–H and O–H groups in total. The number of benzene rings is 2. The smallest absolute Gasteiger partial charge is 0.736 e. The fourth-order valence-electron chi connectivity index (χ4n) is 4.28. The Kier molecular flexibility index (Phi) is 18.1. The summed E-state index contributed by atoms with van der Waals surface area (Å²) in [6.45, 7) is 4.47. The van der Waals surface area contributed by atoms with Gasteiger partial charge in [-0.15, -0.1) is 0 Å². The maximum atomic E-state index is 12.4. The molecule has 0 spiro atoms. The standard InChI is InChI=1S/C30H47O4P.Cr/c1-3-5-7-9-11-13-15-17-27-19-23-29(24-20-27)33-35(31,32)34-30-25-21-28(22-26-30)18-16-14-12-10-8-6-4-2;/h19-26H,3-18H2,1-2H3,(H,31,32);/q;+2/p-1. The van der Waals surface area contributed by atoms with Gasteiger partial charge in [0.15, 0.2) is 0 Å². The summed E-state index contributed by atoms with van der Waals surface area (Å²) >= 11 is 0. The number of aryl methyl sites for hydroxylation is 2. The second-order valence-electron chi connectivity index (χ2n) is 9.66. The van der Waals surface area contributed by atoms with Gasteiger partial charge in [-0.2, -0.15) is 0 Å². The molecule has 0 heterocycles. The fourth-order valence-corrected chi connectivity index (χ4v) is 5.08. The first-order valence-electron chi connectivity index (χ1n) is 13.9. The van der Waals surface area contributed by atoms with Crippen LogP contribution in [0.3, 0.4) is 0 Å². The molecule has 200 valence electrons. The summed E-state index contributed by atoms with van der Waals surface area (Å²) in [6.07, 6.45) is 19.9. The van der Waals surface area contributed by atoms with Crippen molar-refractivity contribution in [2.75, 3.05) is 0 Å². The third-order valence-electron chi connectivity index (χ3n) is 6.42. The summed E-state index contributed by atoms with van der Waals surface area (Å²) in [6, 6.07) is 14.6. The maximum absolute atomic E-state index is 12.4. The quantitative estimate of drug-likeness (QED) is 0.121. The van der Waals surface area contributed by atoms with E-state index in [4.69, 9.17) is 9.05 Å². The second kappa shape index (κ2) is 19.8. The molecule has 0 amide bonds. The van der Waals surface area contributed by atoms with Crippen LogP contribution in [0.5, 0.6) is 11.5 Å². The summed E-state index contributed by atoms with van der Waals surface area (Å²) in [5, 5.41) is 0. The van der Waals surface area contributed by atoms with Crippen LogP contribution in [0.25, 0.3) is 0 Å². The molecule has 2 aromatic carbocycles. The van der Waals surface area contributed by atoms with Crippen molar-refractivity contribution in [3.8, 4) is 11.5 Å². The van der Waals surface area contributed by atoms with E-state index in [1.807, 2.05) is 24.3 Å². The van der Waals surface area contributed by atoms with E-state index < -0.39 is 7.82 Å². The molecule has 0 saturated carbocycles. The summed E-state index contributed by atoms with van der Waals surface area (Å²) < 4.78 is 22.7. The Balaban J connectivity index is 0.00000648. The first-order chi connectivity index (χ1) is 17.0. The van der Waals surface area contributed by atoms with Crippen LogP contribution in [0, 0.1) is 0 Å². The van der Waals surface area contributed by atoms with Gasteiger partial charge in [0, 0.05) is 0 Å². The predicted molar refractivity (Wildman–Crippen MR) is 145 cm³/mol. The first-order valence-corrected chi connectivity index (χ1v) is 15.4. The molecule has 2 aromatic rings. The second-order valence-corrected chi connectivity index (χ2v) is 10.9. The van der Waals surface area contributed by atoms with Crippen molar-refractivity contribution in [1.29, 1.82) is 0 Å². The molecule has 0 radical (unpaired) electrons. The Morgan fingerprint density at radius 1 is 0.556 bits per heavy atom. The van der Waals surface area contributed by atoms with Gasteiger partial charge in [-0.05, 0) is 61.1 Å². The van der Waals surface area contributed by atoms with E-state index in [-0.39, 0.29) is 28.9 Å². The third kappa shape index (κ3) is 15.1. The van der Waals surface area contributed by atoms with Crippen molar-refractivity contribution >= 4 is 7.82 Å². The monoisotopic (exact) mass is 553 g/mol. The minimum Gasteiger partial charge on any atom is -0.736 e. The Morgan fingerprint density at radius 2 is 0.861 bits per heavy atom. The van der Waals surface area contributed by atoms with Gasteiger partial charge in [-0.3, -0.25) is 0 Å². The van der Waals surface area contributed by atoms with Gasteiger partial charge in [-0.25, -0.2) is 4.57 Å². The van der Waals surface area contributed by atoms with Gasteiger partial charge in [-0.1, -0.05) is 115 Å². The van der Waals surface area contributed by atoms with Crippen molar-refractivity contribution in [3.05, 3.63) is 59.7 Å². The summed E-state index contributed by atoms with van der Waals surface area (Å²) in [5.74, 6) is 0.560. The molecule has 0 aliphatic rings. The Labute approximate surface area is 231 Å². The maximum Gasteiger partial charge on any atom is 2.00 e. The third-order valence-corrected chi connectivity index (χ3v) is 7.29. The SMILES string of the molecule is CCCCCCCCCc1ccc(OP(=O)([O-])Oc2ccc(CCCCCCCCC)cc2)cc1.[Cr+2]. The van der Waals surface area contributed by atoms with E-state index in [9.17, 15) is 9.46 Å². The zero-order chi connectivity index (χ0) is 25.2. The first kappa shape index (κ1) is 32.8. The number of hydrogen-bond donors (Lipinski definition) is 0. The van der Waals surface area contributed by atoms with Crippen LogP contribution in [0.15, 0.2) is 48.5 Å². The summed E-state index contributed by atoms with van der Waals surface area (Å²) in [7, 11) is -4.50. The van der Waals surface area contributed by atoms with E-state index in [0.29, 0.717) is 0 Å². The molecule has 4 nitrogen and oxygen atoms in total. The van der Waals surface area contributed by atoms with Gasteiger partial charge in [0.2, 0.25) is 0 Å². The molecule has 36 heavy (non-hydrogen) atoms. The number of hydrogen-bond acceptors (Lipinski definition) is 4. The average Bonchev–Trinajstić information content (AvgIpc) is 2.84. The Bertz CT molecular complexity index is 772. The number of unbranched alkanes of at least 4 members (excludes halogenated alkanes) is 12. The molecule has 0 aromatic heterocycles. The van der Waals surface area contributed by atoms with Crippen molar-refractivity contribution in [2.45, 2.75) is 117 Å². The van der Waals surface area contributed by atoms with Crippen molar-refractivity contribution in [2.24, 2.45) is 0 Å². The zero-order valence-corrected chi connectivity index (χ0v) is 24.6. The van der Waals surface area contributed by atoms with E-state index in [2.05, 4.69) is 13.8 Å². The van der Waals surface area contributed by atoms with Gasteiger partial charge < -0.3 is 13.9 Å². The van der Waals surface area contributed by atoms with Crippen LogP contribution < -0.4 is 13.9 Å². The predicted octanol–water partition coefficient (Wildman–Crippen LogP) is 9.20. The summed E-state index contributed by atoms with van der Waals surface area (Å²) in [5.41, 5.74) is 2.40. The van der Waals surface area contributed by atoms with Crippen molar-refractivity contribution in [3.63, 3.8) is 0 Å². The summed E-state index contributed by atoms with van der Waals surface area (Å²) in [4.78, 5) is 12.4. The van der Waals surface area contributed by atoms with Gasteiger partial charge in [0.25, 0.3) is 0 Å². The average molecular weight is 554 g/mol. The van der Waals surface area contributed by atoms with Gasteiger partial charge in [0.05, 0.1) is 0 Å². The van der Waals surface area contributed by atoms with Crippen LogP contribution in [-0.4, -0.2) is 0 Å². The normalized spacial score (nSPS) is 11.2. The molecule has 0 saturated heterocycles. The topological polar surface area (TPSA) is 58.6 Å². The Morgan fingerprint density at radius 3 is 1.19 bits per heavy atom. The van der Waals surface area contributed by atoms with Crippen molar-refractivity contribution < 1.29 is 35.9 Å². The molecule has 6 heteroatoms. The molecule has 0 bridgehead atoms. The molecular weight excluding hydrogens is 507 g/mol.